The van der Waals surface area contributed by atoms with Crippen molar-refractivity contribution in [2.24, 2.45) is 0 Å². The zero-order valence-electron chi connectivity index (χ0n) is 15.9. The Morgan fingerprint density at radius 2 is 1.43 bits per heavy atom. The average Bonchev–Trinajstić information content (AvgIpc) is 2.58. The SMILES string of the molecule is C=C/C(=C\CC)OC(/C=C\C=C/C)=C/C.CC.CC.CC. The molecule has 0 aliphatic rings. The van der Waals surface area contributed by atoms with E-state index in [1.807, 2.05) is 91.8 Å². The summed E-state index contributed by atoms with van der Waals surface area (Å²) in [6, 6.07) is 0. The molecule has 21 heavy (non-hydrogen) atoms. The van der Waals surface area contributed by atoms with Crippen LogP contribution in [0.15, 0.2) is 60.6 Å². The fourth-order valence-corrected chi connectivity index (χ4v) is 0.955. The molecular weight excluding hydrogens is 256 g/mol. The maximum Gasteiger partial charge on any atom is 0.123 e. The summed E-state index contributed by atoms with van der Waals surface area (Å²) < 4.78 is 5.62. The van der Waals surface area contributed by atoms with Crippen molar-refractivity contribution in [2.75, 3.05) is 0 Å². The van der Waals surface area contributed by atoms with Gasteiger partial charge in [0.25, 0.3) is 0 Å². The van der Waals surface area contributed by atoms with Gasteiger partial charge < -0.3 is 4.74 Å². The molecule has 0 saturated heterocycles. The molecule has 0 spiro atoms. The normalized spacial score (nSPS) is 10.7. The molecule has 0 heterocycles. The number of hydrogen-bond acceptors (Lipinski definition) is 1. The smallest absolute Gasteiger partial charge is 0.123 e. The molecule has 124 valence electrons. The van der Waals surface area contributed by atoms with Crippen LogP contribution in [0.2, 0.25) is 0 Å². The second-order valence-corrected chi connectivity index (χ2v) is 2.90. The molecule has 0 aliphatic carbocycles. The first kappa shape index (κ1) is 27.8. The highest BCUT2D eigenvalue weighted by Crippen LogP contribution is 2.09. The predicted molar refractivity (Wildman–Crippen MR) is 101 cm³/mol. The summed E-state index contributed by atoms with van der Waals surface area (Å²) in [6.07, 6.45) is 14.4. The average molecular weight is 295 g/mol. The molecule has 0 fully saturated rings. The summed E-state index contributed by atoms with van der Waals surface area (Å²) in [5, 5.41) is 0. The Bertz CT molecular complexity index is 291. The second-order valence-electron chi connectivity index (χ2n) is 2.90. The van der Waals surface area contributed by atoms with Gasteiger partial charge in [0.2, 0.25) is 0 Å². The Balaban J connectivity index is -0.000000212. The molecule has 0 aromatic rings. The maximum absolute atomic E-state index is 5.62. The van der Waals surface area contributed by atoms with Crippen molar-refractivity contribution < 1.29 is 4.74 Å². The van der Waals surface area contributed by atoms with Crippen molar-refractivity contribution in [3.63, 3.8) is 0 Å². The molecular formula is C20H38O. The zero-order valence-corrected chi connectivity index (χ0v) is 15.9. The van der Waals surface area contributed by atoms with E-state index in [1.54, 1.807) is 6.08 Å². The van der Waals surface area contributed by atoms with Gasteiger partial charge in [0.1, 0.15) is 11.5 Å². The maximum atomic E-state index is 5.62. The highest BCUT2D eigenvalue weighted by Gasteiger charge is 1.94. The van der Waals surface area contributed by atoms with Gasteiger partial charge in [-0.05, 0) is 44.6 Å². The molecule has 0 aliphatic heterocycles. The number of ether oxygens (including phenoxy) is 1. The van der Waals surface area contributed by atoms with Crippen molar-refractivity contribution >= 4 is 0 Å². The third-order valence-electron chi connectivity index (χ3n) is 1.69. The second kappa shape index (κ2) is 31.1. The lowest BCUT2D eigenvalue weighted by Crippen LogP contribution is -1.87. The molecule has 0 aromatic carbocycles. The summed E-state index contributed by atoms with van der Waals surface area (Å²) in [7, 11) is 0. The molecule has 0 radical (unpaired) electrons. The van der Waals surface area contributed by atoms with Gasteiger partial charge in [-0.3, -0.25) is 0 Å². The van der Waals surface area contributed by atoms with Crippen molar-refractivity contribution in [2.45, 2.75) is 68.7 Å². The molecule has 0 aromatic heterocycles. The summed E-state index contributed by atoms with van der Waals surface area (Å²) in [5.74, 6) is 1.63. The van der Waals surface area contributed by atoms with E-state index in [0.29, 0.717) is 0 Å². The van der Waals surface area contributed by atoms with Gasteiger partial charge >= 0.3 is 0 Å². The van der Waals surface area contributed by atoms with Crippen LogP contribution < -0.4 is 0 Å². The first-order valence-electron chi connectivity index (χ1n) is 8.24. The van der Waals surface area contributed by atoms with Crippen molar-refractivity contribution in [1.29, 1.82) is 0 Å². The largest absolute Gasteiger partial charge is 0.458 e. The first-order chi connectivity index (χ1) is 10.3. The fourth-order valence-electron chi connectivity index (χ4n) is 0.955. The molecule has 0 amide bonds. The summed E-state index contributed by atoms with van der Waals surface area (Å²) in [6.45, 7) is 21.7. The van der Waals surface area contributed by atoms with Crippen LogP contribution in [-0.2, 0) is 4.74 Å². The van der Waals surface area contributed by atoms with Crippen LogP contribution in [0.5, 0.6) is 0 Å². The van der Waals surface area contributed by atoms with Crippen LogP contribution >= 0.6 is 0 Å². The van der Waals surface area contributed by atoms with E-state index in [0.717, 1.165) is 17.9 Å². The van der Waals surface area contributed by atoms with E-state index in [9.17, 15) is 0 Å². The van der Waals surface area contributed by atoms with Crippen LogP contribution in [0.3, 0.4) is 0 Å². The van der Waals surface area contributed by atoms with E-state index < -0.39 is 0 Å². The Labute approximate surface area is 134 Å². The number of hydrogen-bond donors (Lipinski definition) is 0. The first-order valence-corrected chi connectivity index (χ1v) is 8.24. The van der Waals surface area contributed by atoms with E-state index in [2.05, 4.69) is 13.5 Å². The topological polar surface area (TPSA) is 9.23 Å². The van der Waals surface area contributed by atoms with Gasteiger partial charge in [-0.2, -0.15) is 0 Å². The third kappa shape index (κ3) is 24.0. The standard InChI is InChI=1S/C14H20O.3C2H6/c1-5-9-10-12-14(8-4)15-13(7-3)11-6-2;3*1-2/h5,7-12H,3,6H2,1-2,4H3;3*1-2H3/b9-5-,12-10-,13-11+,14-8+;;;. The van der Waals surface area contributed by atoms with Crippen molar-refractivity contribution in [3.8, 4) is 0 Å². The van der Waals surface area contributed by atoms with Gasteiger partial charge in [0, 0.05) is 0 Å². The Hall–Kier alpha value is -1.50. The van der Waals surface area contributed by atoms with E-state index >= 15 is 0 Å². The molecule has 0 saturated carbocycles. The minimum Gasteiger partial charge on any atom is -0.458 e. The van der Waals surface area contributed by atoms with Gasteiger partial charge in [-0.15, -0.1) is 0 Å². The number of allylic oxidation sites excluding steroid dienone is 7. The fraction of sp³-hybridized carbons (Fsp3) is 0.500. The van der Waals surface area contributed by atoms with Crippen LogP contribution in [0.25, 0.3) is 0 Å². The third-order valence-corrected chi connectivity index (χ3v) is 1.69. The van der Waals surface area contributed by atoms with Gasteiger partial charge in [-0.25, -0.2) is 0 Å². The number of rotatable bonds is 6. The Morgan fingerprint density at radius 1 is 0.905 bits per heavy atom. The quantitative estimate of drug-likeness (QED) is 0.362. The van der Waals surface area contributed by atoms with Crippen LogP contribution in [0, 0.1) is 0 Å². The molecule has 0 rings (SSSR count). The van der Waals surface area contributed by atoms with Crippen LogP contribution in [0.4, 0.5) is 0 Å². The van der Waals surface area contributed by atoms with E-state index in [1.165, 1.54) is 0 Å². The summed E-state index contributed by atoms with van der Waals surface area (Å²) >= 11 is 0. The van der Waals surface area contributed by atoms with Crippen LogP contribution in [0.1, 0.15) is 68.7 Å². The molecule has 0 atom stereocenters. The monoisotopic (exact) mass is 294 g/mol. The van der Waals surface area contributed by atoms with E-state index in [-0.39, 0.29) is 0 Å². The molecule has 1 nitrogen and oxygen atoms in total. The van der Waals surface area contributed by atoms with E-state index in [4.69, 9.17) is 4.74 Å². The highest BCUT2D eigenvalue weighted by atomic mass is 16.5. The van der Waals surface area contributed by atoms with Crippen LogP contribution in [-0.4, -0.2) is 0 Å². The van der Waals surface area contributed by atoms with Gasteiger partial charge in [-0.1, -0.05) is 73.3 Å². The predicted octanol–water partition coefficient (Wildman–Crippen LogP) is 7.60. The molecule has 0 bridgehead atoms. The lowest BCUT2D eigenvalue weighted by Gasteiger charge is -2.06. The lowest BCUT2D eigenvalue weighted by atomic mass is 10.3. The Kier molecular flexibility index (Phi) is 41.1. The Morgan fingerprint density at radius 3 is 1.76 bits per heavy atom. The van der Waals surface area contributed by atoms with Crippen molar-refractivity contribution in [3.05, 3.63) is 60.6 Å². The highest BCUT2D eigenvalue weighted by molar-refractivity contribution is 5.21. The minimum atomic E-state index is 0.802. The minimum absolute atomic E-state index is 0.802. The zero-order chi connectivity index (χ0) is 17.5. The van der Waals surface area contributed by atoms with Gasteiger partial charge in [0.15, 0.2) is 0 Å². The molecule has 1 heteroatoms. The molecule has 0 unspecified atom stereocenters. The van der Waals surface area contributed by atoms with Gasteiger partial charge in [0.05, 0.1) is 0 Å². The lowest BCUT2D eigenvalue weighted by molar-refractivity contribution is 0.334. The summed E-state index contributed by atoms with van der Waals surface area (Å²) in [5.41, 5.74) is 0. The summed E-state index contributed by atoms with van der Waals surface area (Å²) in [4.78, 5) is 0. The molecule has 0 N–H and O–H groups in total. The van der Waals surface area contributed by atoms with Crippen molar-refractivity contribution in [1.82, 2.24) is 0 Å².